The molecule has 1 aliphatic rings. The van der Waals surface area contributed by atoms with Crippen LogP contribution in [0.3, 0.4) is 0 Å². The van der Waals surface area contributed by atoms with E-state index in [2.05, 4.69) is 30.7 Å². The first-order valence-electron chi connectivity index (χ1n) is 6.65. The Hall–Kier alpha value is -1.21. The second kappa shape index (κ2) is 6.27. The Bertz CT molecular complexity index is 643. The molecule has 1 heterocycles. The summed E-state index contributed by atoms with van der Waals surface area (Å²) in [6, 6.07) is 4.52. The summed E-state index contributed by atoms with van der Waals surface area (Å²) in [6.45, 7) is 0. The molecule has 3 rings (SSSR count). The third-order valence-corrected chi connectivity index (χ3v) is 5.13. The van der Waals surface area contributed by atoms with Crippen LogP contribution < -0.4 is 9.47 Å². The van der Waals surface area contributed by atoms with Crippen LogP contribution in [0.1, 0.15) is 24.4 Å². The monoisotopic (exact) mass is 369 g/mol. The van der Waals surface area contributed by atoms with Gasteiger partial charge in [-0.2, -0.15) is 0 Å². The number of ether oxygens (including phenoxy) is 2. The average molecular weight is 370 g/mol. The molecule has 0 saturated heterocycles. The first kappa shape index (κ1) is 14.7. The largest absolute Gasteiger partial charge is 0.493 e. The van der Waals surface area contributed by atoms with Gasteiger partial charge < -0.3 is 14.0 Å². The lowest BCUT2D eigenvalue weighted by Crippen LogP contribution is -1.96. The summed E-state index contributed by atoms with van der Waals surface area (Å²) >= 11 is 5.27. The minimum Gasteiger partial charge on any atom is -0.493 e. The van der Waals surface area contributed by atoms with Crippen LogP contribution in [0.4, 0.5) is 0 Å². The Morgan fingerprint density at radius 2 is 2.00 bits per heavy atom. The Labute approximate surface area is 136 Å². The van der Waals surface area contributed by atoms with E-state index in [1.165, 1.54) is 12.8 Å². The lowest BCUT2D eigenvalue weighted by Gasteiger charge is -2.11. The molecule has 0 aliphatic heterocycles. The van der Waals surface area contributed by atoms with Crippen molar-refractivity contribution < 1.29 is 9.47 Å². The van der Waals surface area contributed by atoms with Crippen molar-refractivity contribution in [3.8, 4) is 11.5 Å². The maximum Gasteiger partial charge on any atom is 0.191 e. The third kappa shape index (κ3) is 3.18. The van der Waals surface area contributed by atoms with Crippen molar-refractivity contribution in [3.05, 3.63) is 28.5 Å². The first-order chi connectivity index (χ1) is 10.2. The Morgan fingerprint density at radius 1 is 1.29 bits per heavy atom. The Balaban J connectivity index is 1.76. The van der Waals surface area contributed by atoms with E-state index in [0.717, 1.165) is 32.4 Å². The van der Waals surface area contributed by atoms with Gasteiger partial charge in [-0.15, -0.1) is 10.2 Å². The van der Waals surface area contributed by atoms with Crippen LogP contribution in [0.15, 0.2) is 28.1 Å². The summed E-state index contributed by atoms with van der Waals surface area (Å²) in [7, 11) is 3.28. The van der Waals surface area contributed by atoms with Crippen molar-refractivity contribution in [1.82, 2.24) is 14.8 Å². The molecule has 0 unspecified atom stereocenters. The molecule has 7 heteroatoms. The molecule has 2 aromatic rings. The smallest absolute Gasteiger partial charge is 0.191 e. The van der Waals surface area contributed by atoms with Gasteiger partial charge in [-0.05, 0) is 30.5 Å². The second-order valence-corrected chi connectivity index (χ2v) is 6.64. The molecule has 1 fully saturated rings. The fourth-order valence-electron chi connectivity index (χ4n) is 2.09. The molecule has 0 radical (unpaired) electrons. The molecule has 0 spiro atoms. The molecule has 0 N–H and O–H groups in total. The van der Waals surface area contributed by atoms with E-state index >= 15 is 0 Å². The summed E-state index contributed by atoms with van der Waals surface area (Å²) in [6.07, 6.45) is 4.28. The number of methoxy groups -OCH3 is 2. The van der Waals surface area contributed by atoms with Crippen LogP contribution in [0.2, 0.25) is 0 Å². The van der Waals surface area contributed by atoms with Gasteiger partial charge in [0.05, 0.1) is 14.2 Å². The predicted octanol–water partition coefficient (Wildman–Crippen LogP) is 3.69. The molecule has 1 saturated carbocycles. The fraction of sp³-hybridized carbons (Fsp3) is 0.429. The van der Waals surface area contributed by atoms with Crippen LogP contribution in [0.25, 0.3) is 0 Å². The van der Waals surface area contributed by atoms with Gasteiger partial charge >= 0.3 is 0 Å². The summed E-state index contributed by atoms with van der Waals surface area (Å²) in [5.74, 6) is 2.26. The number of aromatic nitrogens is 3. The minimum atomic E-state index is 0.594. The van der Waals surface area contributed by atoms with Crippen molar-refractivity contribution in [2.75, 3.05) is 14.2 Å². The van der Waals surface area contributed by atoms with E-state index in [-0.39, 0.29) is 0 Å². The fourth-order valence-corrected chi connectivity index (χ4v) is 3.71. The van der Waals surface area contributed by atoms with Crippen molar-refractivity contribution in [3.63, 3.8) is 0 Å². The van der Waals surface area contributed by atoms with Crippen molar-refractivity contribution >= 4 is 27.7 Å². The van der Waals surface area contributed by atoms with Gasteiger partial charge in [0.25, 0.3) is 0 Å². The second-order valence-electron chi connectivity index (χ2n) is 4.84. The highest BCUT2D eigenvalue weighted by Gasteiger charge is 2.26. The molecule has 112 valence electrons. The minimum absolute atomic E-state index is 0.594. The highest BCUT2D eigenvalue weighted by Crippen LogP contribution is 2.39. The normalized spacial score (nSPS) is 14.2. The summed E-state index contributed by atoms with van der Waals surface area (Å²) in [4.78, 5) is 0. The zero-order valence-electron chi connectivity index (χ0n) is 11.9. The van der Waals surface area contributed by atoms with Crippen LogP contribution in [0.5, 0.6) is 11.5 Å². The molecule has 1 aromatic heterocycles. The van der Waals surface area contributed by atoms with Crippen LogP contribution in [-0.4, -0.2) is 29.0 Å². The molecule has 5 nitrogen and oxygen atoms in total. The number of hydrogen-bond donors (Lipinski definition) is 0. The van der Waals surface area contributed by atoms with Crippen molar-refractivity contribution in [1.29, 1.82) is 0 Å². The Kier molecular flexibility index (Phi) is 4.40. The number of rotatable bonds is 6. The molecule has 0 amide bonds. The SMILES string of the molecule is COc1cc(Br)c(CSc2nncn2C2CC2)cc1OC. The van der Waals surface area contributed by atoms with E-state index < -0.39 is 0 Å². The lowest BCUT2D eigenvalue weighted by molar-refractivity contribution is 0.354. The summed E-state index contributed by atoms with van der Waals surface area (Å²) in [5, 5.41) is 9.19. The highest BCUT2D eigenvalue weighted by atomic mass is 79.9. The van der Waals surface area contributed by atoms with Gasteiger partial charge in [0, 0.05) is 16.3 Å². The maximum absolute atomic E-state index is 5.35. The third-order valence-electron chi connectivity index (χ3n) is 3.39. The zero-order chi connectivity index (χ0) is 14.8. The molecule has 1 aliphatic carbocycles. The zero-order valence-corrected chi connectivity index (χ0v) is 14.3. The molecular formula is C14H16BrN3O2S. The van der Waals surface area contributed by atoms with Gasteiger partial charge in [0.15, 0.2) is 16.7 Å². The average Bonchev–Trinajstić information content (AvgIpc) is 3.24. The van der Waals surface area contributed by atoms with Gasteiger partial charge in [0.1, 0.15) is 6.33 Å². The highest BCUT2D eigenvalue weighted by molar-refractivity contribution is 9.10. The van der Waals surface area contributed by atoms with E-state index in [1.54, 1.807) is 26.0 Å². The number of nitrogens with zero attached hydrogens (tertiary/aromatic N) is 3. The summed E-state index contributed by atoms with van der Waals surface area (Å²) < 4.78 is 13.8. The quantitative estimate of drug-likeness (QED) is 0.726. The lowest BCUT2D eigenvalue weighted by atomic mass is 10.2. The van der Waals surface area contributed by atoms with Crippen molar-refractivity contribution in [2.24, 2.45) is 0 Å². The molecule has 21 heavy (non-hydrogen) atoms. The number of hydrogen-bond acceptors (Lipinski definition) is 5. The molecule has 0 atom stereocenters. The van der Waals surface area contributed by atoms with E-state index in [0.29, 0.717) is 6.04 Å². The first-order valence-corrected chi connectivity index (χ1v) is 8.43. The van der Waals surface area contributed by atoms with Gasteiger partial charge in [-0.1, -0.05) is 27.7 Å². The topological polar surface area (TPSA) is 49.2 Å². The molecule has 0 bridgehead atoms. The van der Waals surface area contributed by atoms with Crippen LogP contribution in [0, 0.1) is 0 Å². The number of halogens is 1. The predicted molar refractivity (Wildman–Crippen MR) is 85.1 cm³/mol. The van der Waals surface area contributed by atoms with E-state index in [4.69, 9.17) is 9.47 Å². The van der Waals surface area contributed by atoms with Crippen LogP contribution in [-0.2, 0) is 5.75 Å². The summed E-state index contributed by atoms with van der Waals surface area (Å²) in [5.41, 5.74) is 1.14. The maximum atomic E-state index is 5.35. The van der Waals surface area contributed by atoms with E-state index in [1.807, 2.05) is 18.5 Å². The van der Waals surface area contributed by atoms with Crippen molar-refractivity contribution in [2.45, 2.75) is 29.8 Å². The molecule has 1 aromatic carbocycles. The van der Waals surface area contributed by atoms with Gasteiger partial charge in [-0.3, -0.25) is 0 Å². The van der Waals surface area contributed by atoms with Gasteiger partial charge in [0.2, 0.25) is 0 Å². The Morgan fingerprint density at radius 3 is 2.67 bits per heavy atom. The standard InChI is InChI=1S/C14H16BrN3O2S/c1-19-12-5-9(11(15)6-13(12)20-2)7-21-14-17-16-8-18(14)10-3-4-10/h5-6,8,10H,3-4,7H2,1-2H3. The number of benzene rings is 1. The van der Waals surface area contributed by atoms with Gasteiger partial charge in [-0.25, -0.2) is 0 Å². The number of thioether (sulfide) groups is 1. The van der Waals surface area contributed by atoms with Crippen LogP contribution >= 0.6 is 27.7 Å². The van der Waals surface area contributed by atoms with E-state index in [9.17, 15) is 0 Å². The molecular weight excluding hydrogens is 354 g/mol.